The lowest BCUT2D eigenvalue weighted by molar-refractivity contribution is -0.118. The second kappa shape index (κ2) is 9.00. The number of aromatic nitrogens is 4. The summed E-state index contributed by atoms with van der Waals surface area (Å²) in [7, 11) is 1.58. The molecule has 2 heterocycles. The van der Waals surface area contributed by atoms with E-state index in [2.05, 4.69) is 20.4 Å². The van der Waals surface area contributed by atoms with E-state index >= 15 is 0 Å². The van der Waals surface area contributed by atoms with Gasteiger partial charge in [0.15, 0.2) is 10.8 Å². The van der Waals surface area contributed by atoms with Crippen LogP contribution in [0.15, 0.2) is 64.7 Å². The highest BCUT2D eigenvalue weighted by Crippen LogP contribution is 2.19. The third kappa shape index (κ3) is 4.75. The Bertz CT molecular complexity index is 1270. The second-order valence-corrected chi connectivity index (χ2v) is 7.52. The summed E-state index contributed by atoms with van der Waals surface area (Å²) in [5, 5.41) is 7.68. The van der Waals surface area contributed by atoms with Crippen molar-refractivity contribution in [2.75, 3.05) is 12.9 Å². The number of nitrogens with one attached hydrogen (secondary N) is 2. The Morgan fingerprint density at radius 1 is 1.19 bits per heavy atom. The molecule has 4 rings (SSSR count). The number of carbonyl (C=O) groups excluding carboxylic acids is 1. The van der Waals surface area contributed by atoms with Crippen LogP contribution in [0, 0.1) is 5.82 Å². The van der Waals surface area contributed by atoms with Gasteiger partial charge < -0.3 is 15.0 Å². The van der Waals surface area contributed by atoms with E-state index in [1.807, 2.05) is 12.1 Å². The molecule has 10 heteroatoms. The molecular weight excluding hydrogens is 421 g/mol. The molecule has 2 aromatic carbocycles. The highest BCUT2D eigenvalue weighted by atomic mass is 32.2. The number of halogens is 1. The number of benzene rings is 2. The Kier molecular flexibility index (Phi) is 5.99. The van der Waals surface area contributed by atoms with Gasteiger partial charge in [-0.05, 0) is 42.0 Å². The van der Waals surface area contributed by atoms with Gasteiger partial charge in [0, 0.05) is 6.54 Å². The summed E-state index contributed by atoms with van der Waals surface area (Å²) < 4.78 is 19.7. The molecule has 2 aromatic heterocycles. The summed E-state index contributed by atoms with van der Waals surface area (Å²) in [4.78, 5) is 31.7. The summed E-state index contributed by atoms with van der Waals surface area (Å²) in [5.74, 6) is 0.200. The standard InChI is InChI=1S/C21H18FN5O3S/c1-30-16-8-6-15(7-9-16)27-19-17(11-24-27)20(29)26-21(25-19)31-12-18(28)23-10-13-2-4-14(22)5-3-13/h2-9,11H,10,12H2,1H3,(H,23,28)(H,25,26,29). The minimum Gasteiger partial charge on any atom is -0.497 e. The topological polar surface area (TPSA) is 102 Å². The average Bonchev–Trinajstić information content (AvgIpc) is 3.22. The monoisotopic (exact) mass is 439 g/mol. The van der Waals surface area contributed by atoms with Gasteiger partial charge in [-0.3, -0.25) is 9.59 Å². The molecule has 0 saturated carbocycles. The lowest BCUT2D eigenvalue weighted by atomic mass is 10.2. The van der Waals surface area contributed by atoms with Crippen molar-refractivity contribution < 1.29 is 13.9 Å². The van der Waals surface area contributed by atoms with Crippen molar-refractivity contribution in [1.29, 1.82) is 0 Å². The fraction of sp³-hybridized carbons (Fsp3) is 0.143. The van der Waals surface area contributed by atoms with Gasteiger partial charge >= 0.3 is 0 Å². The predicted molar refractivity (Wildman–Crippen MR) is 115 cm³/mol. The first kappa shape index (κ1) is 20.6. The van der Waals surface area contributed by atoms with E-state index < -0.39 is 0 Å². The van der Waals surface area contributed by atoms with Crippen LogP contribution in [0.1, 0.15) is 5.56 Å². The molecular formula is C21H18FN5O3S. The van der Waals surface area contributed by atoms with Gasteiger partial charge in [-0.25, -0.2) is 14.1 Å². The molecule has 4 aromatic rings. The largest absolute Gasteiger partial charge is 0.497 e. The number of rotatable bonds is 7. The highest BCUT2D eigenvalue weighted by Gasteiger charge is 2.13. The van der Waals surface area contributed by atoms with Crippen LogP contribution in [0.2, 0.25) is 0 Å². The zero-order valence-electron chi connectivity index (χ0n) is 16.5. The summed E-state index contributed by atoms with van der Waals surface area (Å²) >= 11 is 1.11. The van der Waals surface area contributed by atoms with E-state index in [1.165, 1.54) is 18.3 Å². The first-order valence-electron chi connectivity index (χ1n) is 9.30. The molecule has 0 atom stereocenters. The first-order chi connectivity index (χ1) is 15.0. The normalized spacial score (nSPS) is 10.9. The molecule has 0 fully saturated rings. The van der Waals surface area contributed by atoms with Crippen LogP contribution in [-0.2, 0) is 11.3 Å². The number of thioether (sulfide) groups is 1. The van der Waals surface area contributed by atoms with Crippen LogP contribution in [0.3, 0.4) is 0 Å². The highest BCUT2D eigenvalue weighted by molar-refractivity contribution is 7.99. The van der Waals surface area contributed by atoms with Gasteiger partial charge in [0.25, 0.3) is 5.56 Å². The van der Waals surface area contributed by atoms with E-state index in [9.17, 15) is 14.0 Å². The van der Waals surface area contributed by atoms with Crippen LogP contribution < -0.4 is 15.6 Å². The van der Waals surface area contributed by atoms with Crippen LogP contribution in [0.25, 0.3) is 16.7 Å². The lowest BCUT2D eigenvalue weighted by Crippen LogP contribution is -2.24. The maximum absolute atomic E-state index is 12.9. The number of ether oxygens (including phenoxy) is 1. The van der Waals surface area contributed by atoms with E-state index in [0.717, 1.165) is 23.0 Å². The molecule has 0 aliphatic carbocycles. The molecule has 0 spiro atoms. The minimum atomic E-state index is -0.334. The molecule has 8 nitrogen and oxygen atoms in total. The van der Waals surface area contributed by atoms with Crippen molar-refractivity contribution in [2.24, 2.45) is 0 Å². The Labute approximate surface area is 180 Å². The maximum atomic E-state index is 12.9. The Hall–Kier alpha value is -3.66. The number of hydrogen-bond donors (Lipinski definition) is 2. The molecule has 0 aliphatic heterocycles. The number of amides is 1. The van der Waals surface area contributed by atoms with Gasteiger partial charge in [0.1, 0.15) is 17.0 Å². The number of methoxy groups -OCH3 is 1. The van der Waals surface area contributed by atoms with Crippen molar-refractivity contribution in [2.45, 2.75) is 11.7 Å². The van der Waals surface area contributed by atoms with Crippen molar-refractivity contribution in [3.63, 3.8) is 0 Å². The molecule has 1 amide bonds. The molecule has 31 heavy (non-hydrogen) atoms. The minimum absolute atomic E-state index is 0.0618. The van der Waals surface area contributed by atoms with Crippen molar-refractivity contribution in [3.8, 4) is 11.4 Å². The summed E-state index contributed by atoms with van der Waals surface area (Å²) in [6.07, 6.45) is 1.45. The predicted octanol–water partition coefficient (Wildman–Crippen LogP) is 2.67. The summed E-state index contributed by atoms with van der Waals surface area (Å²) in [6.45, 7) is 0.285. The molecule has 2 N–H and O–H groups in total. The fourth-order valence-electron chi connectivity index (χ4n) is 2.87. The first-order valence-corrected chi connectivity index (χ1v) is 10.3. The average molecular weight is 439 g/mol. The number of aromatic amines is 1. The van der Waals surface area contributed by atoms with Crippen LogP contribution >= 0.6 is 11.8 Å². The second-order valence-electron chi connectivity index (χ2n) is 6.55. The van der Waals surface area contributed by atoms with Gasteiger partial charge in [-0.1, -0.05) is 23.9 Å². The summed E-state index contributed by atoms with van der Waals surface area (Å²) in [5.41, 5.74) is 1.57. The molecule has 0 saturated heterocycles. The third-order valence-corrected chi connectivity index (χ3v) is 5.35. The molecule has 0 radical (unpaired) electrons. The van der Waals surface area contributed by atoms with E-state index in [0.29, 0.717) is 21.9 Å². The van der Waals surface area contributed by atoms with Crippen molar-refractivity contribution in [1.82, 2.24) is 25.1 Å². The Balaban J connectivity index is 1.47. The molecule has 0 unspecified atom stereocenters. The zero-order chi connectivity index (χ0) is 21.8. The zero-order valence-corrected chi connectivity index (χ0v) is 17.3. The fourth-order valence-corrected chi connectivity index (χ4v) is 3.55. The van der Waals surface area contributed by atoms with E-state index in [4.69, 9.17) is 4.74 Å². The molecule has 0 bridgehead atoms. The van der Waals surface area contributed by atoms with Gasteiger partial charge in [-0.15, -0.1) is 0 Å². The number of hydrogen-bond acceptors (Lipinski definition) is 6. The Morgan fingerprint density at radius 3 is 2.65 bits per heavy atom. The van der Waals surface area contributed by atoms with Gasteiger partial charge in [0.05, 0.1) is 24.7 Å². The number of carbonyl (C=O) groups is 1. The number of H-pyrrole nitrogens is 1. The van der Waals surface area contributed by atoms with Gasteiger partial charge in [-0.2, -0.15) is 5.10 Å². The number of fused-ring (bicyclic) bond motifs is 1. The smallest absolute Gasteiger partial charge is 0.262 e. The maximum Gasteiger partial charge on any atom is 0.262 e. The van der Waals surface area contributed by atoms with E-state index in [1.54, 1.807) is 36.1 Å². The van der Waals surface area contributed by atoms with Gasteiger partial charge in [0.2, 0.25) is 5.91 Å². The molecule has 158 valence electrons. The molecule has 0 aliphatic rings. The van der Waals surface area contributed by atoms with Crippen molar-refractivity contribution in [3.05, 3.63) is 76.5 Å². The SMILES string of the molecule is COc1ccc(-n2ncc3c(=O)[nH]c(SCC(=O)NCc4ccc(F)cc4)nc32)cc1. The quantitative estimate of drug-likeness (QED) is 0.339. The van der Waals surface area contributed by atoms with E-state index in [-0.39, 0.29) is 29.6 Å². The number of nitrogens with zero attached hydrogens (tertiary/aromatic N) is 3. The van der Waals surface area contributed by atoms with Crippen LogP contribution in [0.4, 0.5) is 4.39 Å². The Morgan fingerprint density at radius 2 is 1.94 bits per heavy atom. The summed E-state index contributed by atoms with van der Waals surface area (Å²) in [6, 6.07) is 13.1. The lowest BCUT2D eigenvalue weighted by Gasteiger charge is -2.07. The third-order valence-electron chi connectivity index (χ3n) is 4.48. The van der Waals surface area contributed by atoms with Crippen molar-refractivity contribution >= 4 is 28.7 Å². The van der Waals surface area contributed by atoms with Crippen LogP contribution in [-0.4, -0.2) is 38.5 Å². The van der Waals surface area contributed by atoms with Crippen LogP contribution in [0.5, 0.6) is 5.75 Å².